The van der Waals surface area contributed by atoms with Crippen LogP contribution in [0.1, 0.15) is 43.0 Å². The van der Waals surface area contributed by atoms with Crippen LogP contribution >= 0.6 is 11.6 Å². The van der Waals surface area contributed by atoms with Gasteiger partial charge in [-0.3, -0.25) is 15.1 Å². The number of aliphatic hydroxyl groups excluding tert-OH is 1. The molecule has 2 aliphatic carbocycles. The number of carbonyl (C=O) groups excluding carboxylic acids is 1. The minimum atomic E-state index is -0.752. The first-order valence-corrected chi connectivity index (χ1v) is 12.3. The summed E-state index contributed by atoms with van der Waals surface area (Å²) in [7, 11) is 0. The van der Waals surface area contributed by atoms with Crippen LogP contribution in [0.3, 0.4) is 0 Å². The summed E-state index contributed by atoms with van der Waals surface area (Å²) < 4.78 is 0. The zero-order chi connectivity index (χ0) is 24.3. The Labute approximate surface area is 207 Å². The maximum atomic E-state index is 12.8. The predicted octanol–water partition coefficient (Wildman–Crippen LogP) is 4.36. The number of aliphatic hydroxyl groups is 1. The fourth-order valence-corrected chi connectivity index (χ4v) is 4.78. The fraction of sp³-hybridized carbons (Fsp3) is 0.407. The highest BCUT2D eigenvalue weighted by molar-refractivity contribution is 6.33. The SMILES string of the molecule is C=C/N=C\C=C\NCCC(CC)NC(O)C1=CC2C(C=C1)CC[C@H]2NC(=O)c1ccccc1Cl. The lowest BCUT2D eigenvalue weighted by molar-refractivity contribution is 0.0931. The van der Waals surface area contributed by atoms with E-state index in [0.29, 0.717) is 16.5 Å². The van der Waals surface area contributed by atoms with E-state index in [-0.39, 0.29) is 23.9 Å². The van der Waals surface area contributed by atoms with Gasteiger partial charge in [0.25, 0.3) is 5.91 Å². The van der Waals surface area contributed by atoms with E-state index in [0.717, 1.165) is 37.8 Å². The van der Waals surface area contributed by atoms with Gasteiger partial charge in [0.1, 0.15) is 6.23 Å². The maximum absolute atomic E-state index is 12.8. The number of carbonyl (C=O) groups is 1. The molecule has 0 aliphatic heterocycles. The third kappa shape index (κ3) is 7.16. The Morgan fingerprint density at radius 1 is 1.35 bits per heavy atom. The van der Waals surface area contributed by atoms with Crippen molar-refractivity contribution in [2.75, 3.05) is 6.54 Å². The molecule has 1 aromatic rings. The number of nitrogens with zero attached hydrogens (tertiary/aromatic N) is 1. The minimum Gasteiger partial charge on any atom is -0.391 e. The lowest BCUT2D eigenvalue weighted by Gasteiger charge is -2.28. The van der Waals surface area contributed by atoms with E-state index in [9.17, 15) is 9.90 Å². The number of hydrogen-bond donors (Lipinski definition) is 4. The molecule has 7 heteroatoms. The number of fused-ring (bicyclic) bond motifs is 1. The van der Waals surface area contributed by atoms with E-state index in [1.165, 1.54) is 6.20 Å². The summed E-state index contributed by atoms with van der Waals surface area (Å²) >= 11 is 6.20. The molecule has 1 fully saturated rings. The summed E-state index contributed by atoms with van der Waals surface area (Å²) in [5.41, 5.74) is 1.35. The van der Waals surface area contributed by atoms with Crippen molar-refractivity contribution in [3.8, 4) is 0 Å². The topological polar surface area (TPSA) is 85.8 Å². The van der Waals surface area contributed by atoms with Crippen LogP contribution in [0.4, 0.5) is 0 Å². The minimum absolute atomic E-state index is 0.0171. The summed E-state index contributed by atoms with van der Waals surface area (Å²) in [6, 6.07) is 7.28. The van der Waals surface area contributed by atoms with Crippen LogP contribution < -0.4 is 16.0 Å². The Bertz CT molecular complexity index is 956. The molecule has 2 aliphatic rings. The second kappa shape index (κ2) is 13.3. The molecule has 1 amide bonds. The highest BCUT2D eigenvalue weighted by atomic mass is 35.5. The normalized spacial score (nSPS) is 23.5. The van der Waals surface area contributed by atoms with Crippen molar-refractivity contribution >= 4 is 23.7 Å². The van der Waals surface area contributed by atoms with Crippen molar-refractivity contribution in [1.29, 1.82) is 0 Å². The summed E-state index contributed by atoms with van der Waals surface area (Å²) in [5, 5.41) is 21.1. The molecule has 0 bridgehead atoms. The van der Waals surface area contributed by atoms with Gasteiger partial charge in [0.05, 0.1) is 10.6 Å². The first kappa shape index (κ1) is 25.9. The number of benzene rings is 1. The van der Waals surface area contributed by atoms with Crippen molar-refractivity contribution in [2.45, 2.75) is 50.9 Å². The molecule has 4 unspecified atom stereocenters. The van der Waals surface area contributed by atoms with Gasteiger partial charge in [-0.1, -0.05) is 55.5 Å². The summed E-state index contributed by atoms with van der Waals surface area (Å²) in [4.78, 5) is 16.7. The van der Waals surface area contributed by atoms with Crippen LogP contribution in [0.25, 0.3) is 0 Å². The Kier molecular flexibility index (Phi) is 10.1. The van der Waals surface area contributed by atoms with E-state index in [1.807, 2.05) is 30.5 Å². The van der Waals surface area contributed by atoms with Crippen molar-refractivity contribution in [1.82, 2.24) is 16.0 Å². The van der Waals surface area contributed by atoms with E-state index < -0.39 is 6.23 Å². The number of nitrogens with one attached hydrogen (secondary N) is 3. The van der Waals surface area contributed by atoms with Gasteiger partial charge < -0.3 is 15.7 Å². The Hall–Kier alpha value is -2.67. The molecule has 6 nitrogen and oxygen atoms in total. The van der Waals surface area contributed by atoms with E-state index in [4.69, 9.17) is 11.6 Å². The van der Waals surface area contributed by atoms with Crippen LogP contribution in [-0.4, -0.2) is 42.1 Å². The smallest absolute Gasteiger partial charge is 0.253 e. The van der Waals surface area contributed by atoms with E-state index in [2.05, 4.69) is 46.6 Å². The fourth-order valence-electron chi connectivity index (χ4n) is 4.56. The number of allylic oxidation sites excluding steroid dienone is 2. The summed E-state index contributed by atoms with van der Waals surface area (Å²) in [5.74, 6) is 0.380. The molecular weight excluding hydrogens is 448 g/mol. The van der Waals surface area contributed by atoms with Gasteiger partial charge in [-0.2, -0.15) is 0 Å². The molecule has 182 valence electrons. The molecule has 0 saturated heterocycles. The maximum Gasteiger partial charge on any atom is 0.253 e. The zero-order valence-corrected chi connectivity index (χ0v) is 20.4. The average molecular weight is 483 g/mol. The Morgan fingerprint density at radius 3 is 2.94 bits per heavy atom. The summed E-state index contributed by atoms with van der Waals surface area (Å²) in [6.07, 6.45) is 16.1. The second-order valence-electron chi connectivity index (χ2n) is 8.66. The monoisotopic (exact) mass is 482 g/mol. The molecule has 1 saturated carbocycles. The van der Waals surface area contributed by atoms with Crippen molar-refractivity contribution in [2.24, 2.45) is 16.8 Å². The molecule has 5 atom stereocenters. The third-order valence-corrected chi connectivity index (χ3v) is 6.79. The van der Waals surface area contributed by atoms with Crippen molar-refractivity contribution in [3.63, 3.8) is 0 Å². The lowest BCUT2D eigenvalue weighted by Crippen LogP contribution is -2.42. The Morgan fingerprint density at radius 2 is 2.18 bits per heavy atom. The van der Waals surface area contributed by atoms with Crippen LogP contribution in [0, 0.1) is 11.8 Å². The number of amides is 1. The first-order chi connectivity index (χ1) is 16.5. The highest BCUT2D eigenvalue weighted by Gasteiger charge is 2.37. The summed E-state index contributed by atoms with van der Waals surface area (Å²) in [6.45, 7) is 6.42. The molecule has 4 N–H and O–H groups in total. The van der Waals surface area contributed by atoms with Gasteiger partial charge >= 0.3 is 0 Å². The molecule has 0 radical (unpaired) electrons. The van der Waals surface area contributed by atoms with Gasteiger partial charge in [0, 0.05) is 37.0 Å². The molecule has 1 aromatic carbocycles. The molecular formula is C27H35ClN4O2. The molecule has 0 heterocycles. The third-order valence-electron chi connectivity index (χ3n) is 6.46. The lowest BCUT2D eigenvalue weighted by atomic mass is 9.86. The van der Waals surface area contributed by atoms with Gasteiger partial charge in [-0.25, -0.2) is 0 Å². The van der Waals surface area contributed by atoms with Gasteiger partial charge in [0.2, 0.25) is 0 Å². The number of halogens is 1. The van der Waals surface area contributed by atoms with Crippen LogP contribution in [0.5, 0.6) is 0 Å². The van der Waals surface area contributed by atoms with E-state index >= 15 is 0 Å². The number of hydrogen-bond acceptors (Lipinski definition) is 5. The number of rotatable bonds is 12. The average Bonchev–Trinajstić information content (AvgIpc) is 3.24. The van der Waals surface area contributed by atoms with Gasteiger partial charge in [-0.05, 0) is 61.6 Å². The number of aliphatic imine (C=N–C) groups is 1. The van der Waals surface area contributed by atoms with E-state index in [1.54, 1.807) is 18.3 Å². The van der Waals surface area contributed by atoms with Crippen LogP contribution in [0.2, 0.25) is 5.02 Å². The van der Waals surface area contributed by atoms with Gasteiger partial charge in [0.15, 0.2) is 0 Å². The van der Waals surface area contributed by atoms with Crippen LogP contribution in [0.15, 0.2) is 78.1 Å². The molecule has 34 heavy (non-hydrogen) atoms. The largest absolute Gasteiger partial charge is 0.391 e. The van der Waals surface area contributed by atoms with Gasteiger partial charge in [-0.15, -0.1) is 0 Å². The quantitative estimate of drug-likeness (QED) is 0.202. The van der Waals surface area contributed by atoms with Crippen LogP contribution in [-0.2, 0) is 0 Å². The first-order valence-electron chi connectivity index (χ1n) is 12.0. The Balaban J connectivity index is 1.55. The second-order valence-corrected chi connectivity index (χ2v) is 9.07. The predicted molar refractivity (Wildman–Crippen MR) is 140 cm³/mol. The highest BCUT2D eigenvalue weighted by Crippen LogP contribution is 2.38. The van der Waals surface area contributed by atoms with Crippen molar-refractivity contribution < 1.29 is 9.90 Å². The zero-order valence-electron chi connectivity index (χ0n) is 19.7. The van der Waals surface area contributed by atoms with Crippen molar-refractivity contribution in [3.05, 3.63) is 83.7 Å². The molecule has 3 rings (SSSR count). The molecule has 0 aromatic heterocycles. The molecule has 0 spiro atoms. The standard InChI is InChI=1S/C27H35ClN4O2/c1-3-21(14-17-30-16-7-15-29-4-2)31-26(33)20-11-10-19-12-13-25(23(19)18-20)32-27(34)22-8-5-6-9-24(22)28/h4-11,15-16,18-19,21,23,25-26,30-31,33H,2-3,12-14,17H2,1H3,(H,32,34)/b16-7+,29-15-/t19?,21?,23?,25-,26?/m1/s1.